The molecule has 0 N–H and O–H groups in total. The van der Waals surface area contributed by atoms with Crippen LogP contribution in [0.3, 0.4) is 0 Å². The summed E-state index contributed by atoms with van der Waals surface area (Å²) < 4.78 is 0. The van der Waals surface area contributed by atoms with Gasteiger partial charge in [-0.15, -0.1) is 0 Å². The van der Waals surface area contributed by atoms with Gasteiger partial charge in [0, 0.05) is 31.3 Å². The summed E-state index contributed by atoms with van der Waals surface area (Å²) in [7, 11) is 3.70. The average Bonchev–Trinajstić information content (AvgIpc) is 2.35. The smallest absolute Gasteiger partial charge is 0.165 e. The Labute approximate surface area is 113 Å². The zero-order valence-electron chi connectivity index (χ0n) is 11.7. The van der Waals surface area contributed by atoms with E-state index in [1.54, 1.807) is 26.0 Å². The molecular weight excluding hydrogens is 242 g/mol. The van der Waals surface area contributed by atoms with Crippen LogP contribution >= 0.6 is 0 Å². The van der Waals surface area contributed by atoms with Crippen LogP contribution < -0.4 is 10.0 Å². The van der Waals surface area contributed by atoms with Gasteiger partial charge in [0.25, 0.3) is 0 Å². The van der Waals surface area contributed by atoms with Gasteiger partial charge in [-0.2, -0.15) is 0 Å². The number of benzene rings is 1. The molecule has 0 aliphatic carbocycles. The second kappa shape index (κ2) is 5.69. The second-order valence-corrected chi connectivity index (χ2v) is 4.82. The minimum absolute atomic E-state index is 0.0488. The molecular formula is C15H18NO3-. The number of allylic oxidation sites excluding steroid dienone is 1. The highest BCUT2D eigenvalue weighted by Crippen LogP contribution is 2.27. The Bertz CT molecular complexity index is 532. The maximum atomic E-state index is 12.0. The molecule has 1 rings (SSSR count). The van der Waals surface area contributed by atoms with E-state index in [-0.39, 0.29) is 11.3 Å². The summed E-state index contributed by atoms with van der Waals surface area (Å²) in [5.74, 6) is -2.00. The number of nitrogens with zero attached hydrogens (tertiary/aromatic N) is 1. The van der Waals surface area contributed by atoms with Gasteiger partial charge in [-0.25, -0.2) is 0 Å². The van der Waals surface area contributed by atoms with Crippen LogP contribution in [-0.4, -0.2) is 25.8 Å². The van der Waals surface area contributed by atoms with Crippen molar-refractivity contribution in [3.05, 3.63) is 41.5 Å². The van der Waals surface area contributed by atoms with Crippen molar-refractivity contribution < 1.29 is 14.7 Å². The fourth-order valence-corrected chi connectivity index (χ4v) is 1.88. The van der Waals surface area contributed by atoms with Gasteiger partial charge in [-0.05, 0) is 30.2 Å². The van der Waals surface area contributed by atoms with Gasteiger partial charge in [0.15, 0.2) is 5.78 Å². The van der Waals surface area contributed by atoms with Crippen LogP contribution in [0.5, 0.6) is 0 Å². The van der Waals surface area contributed by atoms with E-state index in [0.29, 0.717) is 11.1 Å². The number of ketones is 1. The van der Waals surface area contributed by atoms with Crippen molar-refractivity contribution in [1.29, 1.82) is 0 Å². The lowest BCUT2D eigenvalue weighted by Crippen LogP contribution is -2.26. The predicted molar refractivity (Wildman–Crippen MR) is 73.3 cm³/mol. The number of carbonyl (C=O) groups is 2. The van der Waals surface area contributed by atoms with Crippen LogP contribution in [0.25, 0.3) is 0 Å². The summed E-state index contributed by atoms with van der Waals surface area (Å²) in [6, 6.07) is 4.87. The van der Waals surface area contributed by atoms with Gasteiger partial charge in [-0.3, -0.25) is 4.79 Å². The van der Waals surface area contributed by atoms with Crippen molar-refractivity contribution in [1.82, 2.24) is 0 Å². The van der Waals surface area contributed by atoms with Crippen LogP contribution in [0.1, 0.15) is 35.7 Å². The Morgan fingerprint density at radius 2 is 1.89 bits per heavy atom. The molecule has 0 saturated heterocycles. The monoisotopic (exact) mass is 260 g/mol. The maximum Gasteiger partial charge on any atom is 0.165 e. The van der Waals surface area contributed by atoms with E-state index in [9.17, 15) is 14.7 Å². The van der Waals surface area contributed by atoms with Crippen LogP contribution in [-0.2, 0) is 4.79 Å². The SMILES string of the molecule is C=C(C)C(=O)C(C)c1cc(N(C)C)ccc1C(=O)[O-]. The van der Waals surface area contributed by atoms with E-state index < -0.39 is 11.9 Å². The van der Waals surface area contributed by atoms with Gasteiger partial charge in [0.05, 0.1) is 5.97 Å². The molecule has 0 aromatic heterocycles. The zero-order chi connectivity index (χ0) is 14.7. The molecule has 0 heterocycles. The van der Waals surface area contributed by atoms with E-state index in [1.807, 2.05) is 19.0 Å². The summed E-state index contributed by atoms with van der Waals surface area (Å²) in [5, 5.41) is 11.1. The molecule has 0 bridgehead atoms. The molecule has 0 fully saturated rings. The number of anilines is 1. The van der Waals surface area contributed by atoms with E-state index >= 15 is 0 Å². The first-order valence-corrected chi connectivity index (χ1v) is 5.98. The first-order valence-electron chi connectivity index (χ1n) is 5.98. The average molecular weight is 260 g/mol. The van der Waals surface area contributed by atoms with Crippen molar-refractivity contribution in [2.45, 2.75) is 19.8 Å². The molecule has 0 saturated carbocycles. The number of rotatable bonds is 5. The van der Waals surface area contributed by atoms with E-state index in [1.165, 1.54) is 6.07 Å². The van der Waals surface area contributed by atoms with E-state index in [4.69, 9.17) is 0 Å². The first-order chi connectivity index (χ1) is 8.75. The van der Waals surface area contributed by atoms with Crippen molar-refractivity contribution in [2.24, 2.45) is 0 Å². The normalized spacial score (nSPS) is 11.8. The number of carbonyl (C=O) groups excluding carboxylic acids is 2. The van der Waals surface area contributed by atoms with Crippen LogP contribution in [0.15, 0.2) is 30.4 Å². The molecule has 0 spiro atoms. The number of carboxylic acids is 1. The Hall–Kier alpha value is -2.10. The largest absolute Gasteiger partial charge is 0.545 e. The number of aromatic carboxylic acids is 1. The standard InChI is InChI=1S/C15H19NO3/c1-9(2)14(17)10(3)13-8-11(16(4)5)6-7-12(13)15(18)19/h6-8,10H,1H2,2-5H3,(H,18,19)/p-1. The third kappa shape index (κ3) is 3.22. The molecule has 1 unspecified atom stereocenters. The number of hydrogen-bond acceptors (Lipinski definition) is 4. The zero-order valence-corrected chi connectivity index (χ0v) is 11.7. The molecule has 19 heavy (non-hydrogen) atoms. The molecule has 102 valence electrons. The molecule has 0 aliphatic heterocycles. The van der Waals surface area contributed by atoms with Crippen molar-refractivity contribution >= 4 is 17.4 Å². The highest BCUT2D eigenvalue weighted by molar-refractivity contribution is 6.01. The first kappa shape index (κ1) is 15.0. The molecule has 1 atom stereocenters. The van der Waals surface area contributed by atoms with E-state index in [0.717, 1.165) is 5.69 Å². The second-order valence-electron chi connectivity index (χ2n) is 4.82. The maximum absolute atomic E-state index is 12.0. The van der Waals surface area contributed by atoms with Gasteiger partial charge in [0.2, 0.25) is 0 Å². The van der Waals surface area contributed by atoms with Crippen LogP contribution in [0.2, 0.25) is 0 Å². The van der Waals surface area contributed by atoms with Crippen molar-refractivity contribution in [3.63, 3.8) is 0 Å². The van der Waals surface area contributed by atoms with Gasteiger partial charge >= 0.3 is 0 Å². The lowest BCUT2D eigenvalue weighted by Gasteiger charge is -2.20. The summed E-state index contributed by atoms with van der Waals surface area (Å²) in [6.45, 7) is 6.91. The Balaban J connectivity index is 3.36. The summed E-state index contributed by atoms with van der Waals surface area (Å²) >= 11 is 0. The number of hydrogen-bond donors (Lipinski definition) is 0. The Kier molecular flexibility index (Phi) is 4.48. The third-order valence-corrected chi connectivity index (χ3v) is 3.05. The van der Waals surface area contributed by atoms with E-state index in [2.05, 4.69) is 6.58 Å². The Morgan fingerprint density at radius 3 is 2.32 bits per heavy atom. The fraction of sp³-hybridized carbons (Fsp3) is 0.333. The quantitative estimate of drug-likeness (QED) is 0.750. The molecule has 4 heteroatoms. The van der Waals surface area contributed by atoms with Gasteiger partial charge in [-0.1, -0.05) is 19.6 Å². The molecule has 0 amide bonds. The summed E-state index contributed by atoms with van der Waals surface area (Å²) in [4.78, 5) is 25.0. The number of carboxylic acid groups (broad SMARTS) is 1. The van der Waals surface area contributed by atoms with Crippen LogP contribution in [0.4, 0.5) is 5.69 Å². The molecule has 4 nitrogen and oxygen atoms in total. The minimum Gasteiger partial charge on any atom is -0.545 e. The highest BCUT2D eigenvalue weighted by Gasteiger charge is 2.20. The Morgan fingerprint density at radius 1 is 1.32 bits per heavy atom. The summed E-state index contributed by atoms with van der Waals surface area (Å²) in [5.41, 5.74) is 1.75. The van der Waals surface area contributed by atoms with Crippen molar-refractivity contribution in [3.8, 4) is 0 Å². The molecule has 0 aliphatic rings. The third-order valence-electron chi connectivity index (χ3n) is 3.05. The van der Waals surface area contributed by atoms with Gasteiger partial charge in [0.1, 0.15) is 0 Å². The lowest BCUT2D eigenvalue weighted by atomic mass is 9.89. The topological polar surface area (TPSA) is 60.4 Å². The summed E-state index contributed by atoms with van der Waals surface area (Å²) in [6.07, 6.45) is 0. The molecule has 1 aromatic carbocycles. The van der Waals surface area contributed by atoms with Gasteiger partial charge < -0.3 is 14.8 Å². The van der Waals surface area contributed by atoms with Crippen LogP contribution in [0, 0.1) is 0 Å². The number of Topliss-reactive ketones (excluding diaryl/α,β-unsaturated/α-hetero) is 1. The lowest BCUT2D eigenvalue weighted by molar-refractivity contribution is -0.255. The minimum atomic E-state index is -1.28. The predicted octanol–water partition coefficient (Wildman–Crippen LogP) is 1.36. The molecule has 0 radical (unpaired) electrons. The molecule has 1 aromatic rings. The van der Waals surface area contributed by atoms with Crippen molar-refractivity contribution in [2.75, 3.05) is 19.0 Å². The highest BCUT2D eigenvalue weighted by atomic mass is 16.4. The fourth-order valence-electron chi connectivity index (χ4n) is 1.88.